The molecule has 1 aromatic carbocycles. The second kappa shape index (κ2) is 8.48. The average Bonchev–Trinajstić information content (AvgIpc) is 2.58. The summed E-state index contributed by atoms with van der Waals surface area (Å²) in [6, 6.07) is 10.1. The molecular weight excluding hydrogens is 326 g/mol. The molecule has 1 aliphatic heterocycles. The first-order valence-corrected chi connectivity index (χ1v) is 10.3. The van der Waals surface area contributed by atoms with Gasteiger partial charge in [0.1, 0.15) is 0 Å². The van der Waals surface area contributed by atoms with E-state index in [2.05, 4.69) is 17.0 Å². The number of hydrogen-bond donors (Lipinski definition) is 0. The van der Waals surface area contributed by atoms with E-state index in [-0.39, 0.29) is 12.5 Å². The van der Waals surface area contributed by atoms with Crippen molar-refractivity contribution >= 4 is 21.6 Å². The van der Waals surface area contributed by atoms with Crippen molar-refractivity contribution in [2.24, 2.45) is 0 Å². The number of amides is 1. The van der Waals surface area contributed by atoms with Gasteiger partial charge in [0.25, 0.3) is 0 Å². The first-order valence-electron chi connectivity index (χ1n) is 8.44. The van der Waals surface area contributed by atoms with Crippen LogP contribution in [-0.4, -0.2) is 69.1 Å². The first kappa shape index (κ1) is 18.7. The molecule has 0 aromatic heterocycles. The number of para-hydroxylation sites is 1. The number of carbonyl (C=O) groups is 1. The van der Waals surface area contributed by atoms with Crippen molar-refractivity contribution in [3.8, 4) is 0 Å². The van der Waals surface area contributed by atoms with Gasteiger partial charge in [-0.3, -0.25) is 4.79 Å². The Hall–Kier alpha value is -1.60. The van der Waals surface area contributed by atoms with Crippen LogP contribution in [0.3, 0.4) is 0 Å². The molecule has 0 radical (unpaired) electrons. The number of sulfonamides is 1. The number of carbonyl (C=O) groups excluding carboxylic acids is 1. The van der Waals surface area contributed by atoms with Crippen LogP contribution < -0.4 is 4.90 Å². The van der Waals surface area contributed by atoms with E-state index in [9.17, 15) is 13.2 Å². The molecule has 1 saturated heterocycles. The molecule has 1 fully saturated rings. The summed E-state index contributed by atoms with van der Waals surface area (Å²) in [6.45, 7) is 5.14. The molecule has 1 aromatic rings. The number of hydrogen-bond acceptors (Lipinski definition) is 4. The monoisotopic (exact) mass is 353 g/mol. The van der Waals surface area contributed by atoms with Gasteiger partial charge in [0.2, 0.25) is 15.9 Å². The molecule has 1 aliphatic rings. The highest BCUT2D eigenvalue weighted by atomic mass is 32.2. The number of piperazine rings is 1. The van der Waals surface area contributed by atoms with Crippen molar-refractivity contribution in [2.45, 2.75) is 19.8 Å². The van der Waals surface area contributed by atoms with Crippen LogP contribution in [0, 0.1) is 0 Å². The molecule has 0 atom stereocenters. The smallest absolute Gasteiger partial charge is 0.238 e. The van der Waals surface area contributed by atoms with Gasteiger partial charge in [0.15, 0.2) is 0 Å². The molecular formula is C17H27N3O3S. The summed E-state index contributed by atoms with van der Waals surface area (Å²) < 4.78 is 25.0. The van der Waals surface area contributed by atoms with E-state index in [4.69, 9.17) is 0 Å². The molecule has 0 bridgehead atoms. The molecule has 24 heavy (non-hydrogen) atoms. The van der Waals surface area contributed by atoms with E-state index in [1.54, 1.807) is 4.90 Å². The van der Waals surface area contributed by atoms with Crippen LogP contribution >= 0.6 is 0 Å². The Morgan fingerprint density at radius 3 is 2.29 bits per heavy atom. The minimum atomic E-state index is -3.35. The van der Waals surface area contributed by atoms with Crippen molar-refractivity contribution in [3.63, 3.8) is 0 Å². The molecule has 6 nitrogen and oxygen atoms in total. The van der Waals surface area contributed by atoms with Crippen molar-refractivity contribution in [1.29, 1.82) is 0 Å². The zero-order valence-corrected chi connectivity index (χ0v) is 15.3. The predicted octanol–water partition coefficient (Wildman–Crippen LogP) is 1.40. The number of benzene rings is 1. The summed E-state index contributed by atoms with van der Waals surface area (Å²) in [4.78, 5) is 16.5. The Balaban J connectivity index is 1.89. The van der Waals surface area contributed by atoms with Gasteiger partial charge in [0, 0.05) is 38.4 Å². The fraction of sp³-hybridized carbons (Fsp3) is 0.588. The Kier molecular flexibility index (Phi) is 6.62. The lowest BCUT2D eigenvalue weighted by Crippen LogP contribution is -2.51. The summed E-state index contributed by atoms with van der Waals surface area (Å²) in [7, 11) is -3.35. The van der Waals surface area contributed by atoms with E-state index in [0.29, 0.717) is 19.6 Å². The van der Waals surface area contributed by atoms with Gasteiger partial charge in [-0.1, -0.05) is 31.5 Å². The predicted molar refractivity (Wildman–Crippen MR) is 96.6 cm³/mol. The quantitative estimate of drug-likeness (QED) is 0.743. The minimum Gasteiger partial charge on any atom is -0.368 e. The van der Waals surface area contributed by atoms with E-state index in [1.807, 2.05) is 25.1 Å². The molecule has 0 saturated carbocycles. The standard InChI is InChI=1S/C17H27N3O3S/c1-3-4-10-20(24(2,22)23)15-17(21)19-13-11-18(12-14-19)16-8-6-5-7-9-16/h5-9H,3-4,10-15H2,1-2H3. The largest absolute Gasteiger partial charge is 0.368 e. The van der Waals surface area contributed by atoms with E-state index in [0.717, 1.165) is 31.6 Å². The average molecular weight is 353 g/mol. The van der Waals surface area contributed by atoms with E-state index < -0.39 is 10.0 Å². The van der Waals surface area contributed by atoms with Gasteiger partial charge >= 0.3 is 0 Å². The fourth-order valence-electron chi connectivity index (χ4n) is 2.80. The van der Waals surface area contributed by atoms with Crippen molar-refractivity contribution in [3.05, 3.63) is 30.3 Å². The topological polar surface area (TPSA) is 60.9 Å². The van der Waals surface area contributed by atoms with Crippen LogP contribution in [0.2, 0.25) is 0 Å². The molecule has 0 unspecified atom stereocenters. The molecule has 0 aliphatic carbocycles. The molecule has 134 valence electrons. The molecule has 1 heterocycles. The Morgan fingerprint density at radius 2 is 1.75 bits per heavy atom. The van der Waals surface area contributed by atoms with Crippen molar-refractivity contribution in [1.82, 2.24) is 9.21 Å². The minimum absolute atomic E-state index is 0.0514. The number of anilines is 1. The third-order valence-electron chi connectivity index (χ3n) is 4.30. The van der Waals surface area contributed by atoms with Gasteiger partial charge in [-0.05, 0) is 18.6 Å². The Labute approximate surface area is 145 Å². The van der Waals surface area contributed by atoms with E-state index >= 15 is 0 Å². The van der Waals surface area contributed by atoms with Gasteiger partial charge in [-0.15, -0.1) is 0 Å². The zero-order chi connectivity index (χ0) is 17.6. The second-order valence-corrected chi connectivity index (χ2v) is 8.14. The normalized spacial score (nSPS) is 15.8. The summed E-state index contributed by atoms with van der Waals surface area (Å²) in [5.41, 5.74) is 1.16. The van der Waals surface area contributed by atoms with Crippen LogP contribution in [0.4, 0.5) is 5.69 Å². The highest BCUT2D eigenvalue weighted by molar-refractivity contribution is 7.88. The second-order valence-electron chi connectivity index (χ2n) is 6.15. The summed E-state index contributed by atoms with van der Waals surface area (Å²) in [5, 5.41) is 0. The summed E-state index contributed by atoms with van der Waals surface area (Å²) in [5.74, 6) is -0.107. The van der Waals surface area contributed by atoms with Gasteiger partial charge in [0.05, 0.1) is 12.8 Å². The lowest BCUT2D eigenvalue weighted by Gasteiger charge is -2.36. The van der Waals surface area contributed by atoms with Crippen LogP contribution in [-0.2, 0) is 14.8 Å². The summed E-state index contributed by atoms with van der Waals surface area (Å²) >= 11 is 0. The Bertz CT molecular complexity index is 626. The van der Waals surface area contributed by atoms with Crippen LogP contribution in [0.25, 0.3) is 0 Å². The highest BCUT2D eigenvalue weighted by Gasteiger charge is 2.25. The molecule has 0 spiro atoms. The third-order valence-corrected chi connectivity index (χ3v) is 5.55. The fourth-order valence-corrected chi connectivity index (χ4v) is 3.61. The van der Waals surface area contributed by atoms with Crippen LogP contribution in [0.5, 0.6) is 0 Å². The summed E-state index contributed by atoms with van der Waals surface area (Å²) in [6.07, 6.45) is 2.83. The van der Waals surface area contributed by atoms with Gasteiger partial charge < -0.3 is 9.80 Å². The van der Waals surface area contributed by atoms with Crippen molar-refractivity contribution in [2.75, 3.05) is 50.4 Å². The zero-order valence-electron chi connectivity index (χ0n) is 14.5. The number of unbranched alkanes of at least 4 members (excludes halogenated alkanes) is 1. The Morgan fingerprint density at radius 1 is 1.12 bits per heavy atom. The van der Waals surface area contributed by atoms with Gasteiger partial charge in [-0.2, -0.15) is 4.31 Å². The van der Waals surface area contributed by atoms with E-state index in [1.165, 1.54) is 10.6 Å². The maximum absolute atomic E-state index is 12.5. The SMILES string of the molecule is CCCCN(CC(=O)N1CCN(c2ccccc2)CC1)S(C)(=O)=O. The number of nitrogens with zero attached hydrogens (tertiary/aromatic N) is 3. The molecule has 7 heteroatoms. The highest BCUT2D eigenvalue weighted by Crippen LogP contribution is 2.16. The lowest BCUT2D eigenvalue weighted by molar-refractivity contribution is -0.131. The van der Waals surface area contributed by atoms with Crippen molar-refractivity contribution < 1.29 is 13.2 Å². The maximum Gasteiger partial charge on any atom is 0.238 e. The molecule has 1 amide bonds. The third kappa shape index (κ3) is 5.21. The van der Waals surface area contributed by atoms with Crippen LogP contribution in [0.1, 0.15) is 19.8 Å². The molecule has 0 N–H and O–H groups in total. The van der Waals surface area contributed by atoms with Gasteiger partial charge in [-0.25, -0.2) is 8.42 Å². The number of rotatable bonds is 7. The lowest BCUT2D eigenvalue weighted by atomic mass is 10.2. The molecule has 2 rings (SSSR count). The maximum atomic E-state index is 12.5. The van der Waals surface area contributed by atoms with Crippen LogP contribution in [0.15, 0.2) is 30.3 Å². The first-order chi connectivity index (χ1) is 11.4.